The van der Waals surface area contributed by atoms with Gasteiger partial charge in [0.15, 0.2) is 0 Å². The van der Waals surface area contributed by atoms with Gasteiger partial charge < -0.3 is 5.11 Å². The fourth-order valence-corrected chi connectivity index (χ4v) is 1.21. The lowest BCUT2D eigenvalue weighted by atomic mass is 10.1. The second-order valence-corrected chi connectivity index (χ2v) is 3.28. The Hall–Kier alpha value is -0.270. The highest BCUT2D eigenvalue weighted by atomic mass is 35.5. The van der Waals surface area contributed by atoms with E-state index in [1.165, 1.54) is 24.8 Å². The van der Waals surface area contributed by atoms with Crippen molar-refractivity contribution in [3.8, 4) is 0 Å². The summed E-state index contributed by atoms with van der Waals surface area (Å²) in [6.45, 7) is 0.334. The van der Waals surface area contributed by atoms with Gasteiger partial charge in [-0.3, -0.25) is 0 Å². The average molecular weight is 203 g/mol. The van der Waals surface area contributed by atoms with Crippen LogP contribution in [0.2, 0.25) is 0 Å². The molecule has 0 saturated carbocycles. The number of rotatable bonds is 8. The first-order chi connectivity index (χ1) is 6.41. The Balaban J connectivity index is 2.99. The van der Waals surface area contributed by atoms with E-state index in [1.807, 2.05) is 12.2 Å². The zero-order valence-electron chi connectivity index (χ0n) is 8.08. The molecule has 0 spiro atoms. The van der Waals surface area contributed by atoms with Crippen LogP contribution < -0.4 is 0 Å². The van der Waals surface area contributed by atoms with E-state index >= 15 is 0 Å². The molecule has 0 atom stereocenters. The summed E-state index contributed by atoms with van der Waals surface area (Å²) >= 11 is 5.34. The maximum atomic E-state index is 8.53. The first-order valence-corrected chi connectivity index (χ1v) is 5.38. The number of unbranched alkanes of at least 4 members (excludes halogenated alkanes) is 5. The fourth-order valence-electron chi connectivity index (χ4n) is 1.12. The molecule has 2 heteroatoms. The zero-order chi connectivity index (χ0) is 9.78. The molecule has 0 heterocycles. The Morgan fingerprint density at radius 3 is 2.31 bits per heavy atom. The van der Waals surface area contributed by atoms with Crippen molar-refractivity contribution in [2.45, 2.75) is 38.5 Å². The molecule has 0 aromatic carbocycles. The minimum Gasteiger partial charge on any atom is -0.396 e. The van der Waals surface area contributed by atoms with Gasteiger partial charge in [0.1, 0.15) is 0 Å². The lowest BCUT2D eigenvalue weighted by molar-refractivity contribution is 0.282. The van der Waals surface area contributed by atoms with Crippen molar-refractivity contribution in [2.75, 3.05) is 6.61 Å². The van der Waals surface area contributed by atoms with Gasteiger partial charge in [0.05, 0.1) is 0 Å². The van der Waals surface area contributed by atoms with Crippen molar-refractivity contribution in [2.24, 2.45) is 0 Å². The molecule has 76 valence electrons. The second-order valence-electron chi connectivity index (χ2n) is 3.03. The molecule has 0 aromatic rings. The number of halogens is 1. The highest BCUT2D eigenvalue weighted by Crippen LogP contribution is 2.05. The van der Waals surface area contributed by atoms with E-state index in [2.05, 4.69) is 6.08 Å². The predicted molar refractivity (Wildman–Crippen MR) is 58.9 cm³/mol. The molecule has 0 fully saturated rings. The molecule has 0 radical (unpaired) electrons. The van der Waals surface area contributed by atoms with Gasteiger partial charge in [-0.1, -0.05) is 49.1 Å². The molecule has 0 aliphatic heterocycles. The van der Waals surface area contributed by atoms with Gasteiger partial charge in [0.2, 0.25) is 0 Å². The summed E-state index contributed by atoms with van der Waals surface area (Å²) in [4.78, 5) is 0. The lowest BCUT2D eigenvalue weighted by Gasteiger charge is -1.96. The monoisotopic (exact) mass is 202 g/mol. The van der Waals surface area contributed by atoms with Crippen LogP contribution in [-0.4, -0.2) is 11.7 Å². The highest BCUT2D eigenvalue weighted by Gasteiger charge is 1.87. The lowest BCUT2D eigenvalue weighted by Crippen LogP contribution is -1.82. The largest absolute Gasteiger partial charge is 0.396 e. The summed E-state index contributed by atoms with van der Waals surface area (Å²) in [7, 11) is 0. The normalized spacial score (nSPS) is 11.8. The number of aliphatic hydroxyl groups is 1. The van der Waals surface area contributed by atoms with Crippen molar-refractivity contribution in [3.63, 3.8) is 0 Å². The van der Waals surface area contributed by atoms with Gasteiger partial charge in [-0.15, -0.1) is 0 Å². The third-order valence-corrected chi connectivity index (χ3v) is 1.99. The van der Waals surface area contributed by atoms with Gasteiger partial charge in [-0.25, -0.2) is 0 Å². The minimum atomic E-state index is 0.334. The summed E-state index contributed by atoms with van der Waals surface area (Å²) in [5.74, 6) is 0. The average Bonchev–Trinajstić information content (AvgIpc) is 2.16. The van der Waals surface area contributed by atoms with E-state index in [0.29, 0.717) is 6.61 Å². The standard InChI is InChI=1S/C11H19ClO/c12-10-8-6-4-2-1-3-5-7-9-11-13/h4,6,8,10,13H,1-3,5,7,9,11H2/b6-4+,10-8+. The third kappa shape index (κ3) is 11.7. The van der Waals surface area contributed by atoms with E-state index in [0.717, 1.165) is 19.3 Å². The quantitative estimate of drug-likeness (QED) is 0.471. The van der Waals surface area contributed by atoms with Crippen molar-refractivity contribution in [1.29, 1.82) is 0 Å². The molecule has 0 rings (SSSR count). The van der Waals surface area contributed by atoms with Gasteiger partial charge >= 0.3 is 0 Å². The molecule has 0 aromatic heterocycles. The first kappa shape index (κ1) is 12.7. The molecule has 0 bridgehead atoms. The van der Waals surface area contributed by atoms with Gasteiger partial charge in [0, 0.05) is 12.1 Å². The van der Waals surface area contributed by atoms with Crippen molar-refractivity contribution >= 4 is 11.6 Å². The van der Waals surface area contributed by atoms with E-state index < -0.39 is 0 Å². The van der Waals surface area contributed by atoms with E-state index in [1.54, 1.807) is 0 Å². The summed E-state index contributed by atoms with van der Waals surface area (Å²) in [6, 6.07) is 0. The van der Waals surface area contributed by atoms with E-state index in [-0.39, 0.29) is 0 Å². The maximum Gasteiger partial charge on any atom is 0.0431 e. The summed E-state index contributed by atoms with van der Waals surface area (Å²) < 4.78 is 0. The molecule has 0 amide bonds. The topological polar surface area (TPSA) is 20.2 Å². The van der Waals surface area contributed by atoms with E-state index in [4.69, 9.17) is 16.7 Å². The van der Waals surface area contributed by atoms with E-state index in [9.17, 15) is 0 Å². The minimum absolute atomic E-state index is 0.334. The van der Waals surface area contributed by atoms with Crippen LogP contribution >= 0.6 is 11.6 Å². The third-order valence-electron chi connectivity index (χ3n) is 1.85. The van der Waals surface area contributed by atoms with Crippen molar-refractivity contribution in [1.82, 2.24) is 0 Å². The van der Waals surface area contributed by atoms with Crippen molar-refractivity contribution < 1.29 is 5.11 Å². The highest BCUT2D eigenvalue weighted by molar-refractivity contribution is 6.25. The summed E-state index contributed by atoms with van der Waals surface area (Å²) in [5, 5.41) is 8.53. The van der Waals surface area contributed by atoms with Gasteiger partial charge in [0.25, 0.3) is 0 Å². The van der Waals surface area contributed by atoms with Crippen molar-refractivity contribution in [3.05, 3.63) is 23.8 Å². The predicted octanol–water partition coefficient (Wildman–Crippen LogP) is 3.63. The Morgan fingerprint density at radius 1 is 0.923 bits per heavy atom. The van der Waals surface area contributed by atoms with Crippen LogP contribution in [0.25, 0.3) is 0 Å². The molecular weight excluding hydrogens is 184 g/mol. The molecule has 0 aliphatic rings. The zero-order valence-corrected chi connectivity index (χ0v) is 8.84. The fraction of sp³-hybridized carbons (Fsp3) is 0.636. The molecule has 0 saturated heterocycles. The molecule has 1 nitrogen and oxygen atoms in total. The number of hydrogen-bond donors (Lipinski definition) is 1. The smallest absolute Gasteiger partial charge is 0.0431 e. The Kier molecular flexibility index (Phi) is 11.5. The van der Waals surface area contributed by atoms with Crippen LogP contribution in [0.5, 0.6) is 0 Å². The number of allylic oxidation sites excluding steroid dienone is 3. The molecule has 13 heavy (non-hydrogen) atoms. The van der Waals surface area contributed by atoms with Gasteiger partial charge in [-0.2, -0.15) is 0 Å². The molecule has 0 aliphatic carbocycles. The van der Waals surface area contributed by atoms with Crippen LogP contribution in [-0.2, 0) is 0 Å². The Morgan fingerprint density at radius 2 is 1.62 bits per heavy atom. The molecular formula is C11H19ClO. The van der Waals surface area contributed by atoms with Crippen LogP contribution in [0.4, 0.5) is 0 Å². The van der Waals surface area contributed by atoms with Crippen LogP contribution in [0.15, 0.2) is 23.8 Å². The second kappa shape index (κ2) is 11.7. The van der Waals surface area contributed by atoms with Crippen LogP contribution in [0, 0.1) is 0 Å². The first-order valence-electron chi connectivity index (χ1n) is 4.94. The van der Waals surface area contributed by atoms with Gasteiger partial charge in [-0.05, 0) is 19.3 Å². The number of hydrogen-bond acceptors (Lipinski definition) is 1. The Bertz CT molecular complexity index is 141. The molecule has 1 N–H and O–H groups in total. The van der Waals surface area contributed by atoms with Crippen LogP contribution in [0.3, 0.4) is 0 Å². The maximum absolute atomic E-state index is 8.53. The summed E-state index contributed by atoms with van der Waals surface area (Å²) in [6.07, 6.45) is 12.9. The Labute approximate surface area is 86.1 Å². The van der Waals surface area contributed by atoms with Crippen LogP contribution in [0.1, 0.15) is 38.5 Å². The summed E-state index contributed by atoms with van der Waals surface area (Å²) in [5.41, 5.74) is 1.51. The number of aliphatic hydroxyl groups excluding tert-OH is 1. The molecule has 0 unspecified atom stereocenters. The SMILES string of the molecule is OCCCCCCC/C=C/C=C/Cl.